The van der Waals surface area contributed by atoms with Crippen LogP contribution in [-0.2, 0) is 16.0 Å². The van der Waals surface area contributed by atoms with Crippen LogP contribution in [0.1, 0.15) is 25.3 Å². The second-order valence-corrected chi connectivity index (χ2v) is 4.94. The predicted octanol–water partition coefficient (Wildman–Crippen LogP) is 1.22. The highest BCUT2D eigenvalue weighted by atomic mass is 35.5. The minimum Gasteiger partial charge on any atom is -0.345 e. The van der Waals surface area contributed by atoms with E-state index in [2.05, 4.69) is 17.6 Å². The number of benzene rings is 1. The lowest BCUT2D eigenvalue weighted by molar-refractivity contribution is -0.125. The number of hydrogen-bond donors (Lipinski definition) is 3. The Kier molecular flexibility index (Phi) is 5.53. The molecule has 0 unspecified atom stereocenters. The fourth-order valence-corrected chi connectivity index (χ4v) is 1.77. The monoisotopic (exact) mass is 297 g/mol. The maximum Gasteiger partial charge on any atom is 0.243 e. The van der Waals surface area contributed by atoms with Gasteiger partial charge < -0.3 is 16.4 Å². The van der Waals surface area contributed by atoms with E-state index in [1.165, 1.54) is 0 Å². The summed E-state index contributed by atoms with van der Waals surface area (Å²) in [4.78, 5) is 23.3. The number of halogens is 1. The summed E-state index contributed by atoms with van der Waals surface area (Å²) < 4.78 is 0. The zero-order valence-corrected chi connectivity index (χ0v) is 12.3. The molecule has 0 bridgehead atoms. The first-order valence-corrected chi connectivity index (χ1v) is 6.49. The molecule has 2 rings (SSSR count). The Balaban J connectivity index is 0.00000200. The van der Waals surface area contributed by atoms with Crippen LogP contribution in [0.15, 0.2) is 24.3 Å². The molecule has 1 aromatic carbocycles. The van der Waals surface area contributed by atoms with Gasteiger partial charge >= 0.3 is 0 Å². The van der Waals surface area contributed by atoms with Gasteiger partial charge in [-0.15, -0.1) is 12.4 Å². The Morgan fingerprint density at radius 1 is 1.35 bits per heavy atom. The van der Waals surface area contributed by atoms with Crippen LogP contribution in [0.3, 0.4) is 0 Å². The van der Waals surface area contributed by atoms with Gasteiger partial charge in [0, 0.05) is 5.69 Å². The SMILES string of the molecule is CCc1cccc(NC(=O)CNC(=O)C2(N)CC2)c1.Cl. The minimum atomic E-state index is -0.734. The normalized spacial score (nSPS) is 14.9. The molecule has 0 radical (unpaired) electrons. The molecule has 20 heavy (non-hydrogen) atoms. The van der Waals surface area contributed by atoms with Gasteiger partial charge in [-0.05, 0) is 37.0 Å². The van der Waals surface area contributed by atoms with E-state index in [1.807, 2.05) is 24.3 Å². The second-order valence-electron chi connectivity index (χ2n) is 4.94. The number of nitrogens with two attached hydrogens (primary N) is 1. The van der Waals surface area contributed by atoms with Crippen molar-refractivity contribution in [1.82, 2.24) is 5.32 Å². The zero-order chi connectivity index (χ0) is 13.9. The Hall–Kier alpha value is -1.59. The number of anilines is 1. The lowest BCUT2D eigenvalue weighted by atomic mass is 10.1. The third-order valence-corrected chi connectivity index (χ3v) is 3.27. The van der Waals surface area contributed by atoms with Crippen molar-refractivity contribution in [3.8, 4) is 0 Å². The number of nitrogens with one attached hydrogen (secondary N) is 2. The Morgan fingerprint density at radius 3 is 2.65 bits per heavy atom. The lowest BCUT2D eigenvalue weighted by Gasteiger charge is -2.10. The van der Waals surface area contributed by atoms with Crippen LogP contribution < -0.4 is 16.4 Å². The third kappa shape index (κ3) is 4.21. The first-order valence-electron chi connectivity index (χ1n) is 6.49. The standard InChI is InChI=1S/C14H19N3O2.ClH/c1-2-10-4-3-5-11(8-10)17-12(18)9-16-13(19)14(15)6-7-14;/h3-5,8H,2,6-7,9,15H2,1H3,(H,16,19)(H,17,18);1H. The van der Waals surface area contributed by atoms with Crippen LogP contribution in [0.2, 0.25) is 0 Å². The molecule has 1 aliphatic rings. The third-order valence-electron chi connectivity index (χ3n) is 3.27. The van der Waals surface area contributed by atoms with Crippen molar-refractivity contribution in [1.29, 1.82) is 0 Å². The largest absolute Gasteiger partial charge is 0.345 e. The van der Waals surface area contributed by atoms with Gasteiger partial charge in [0.25, 0.3) is 0 Å². The van der Waals surface area contributed by atoms with E-state index in [1.54, 1.807) is 0 Å². The van der Waals surface area contributed by atoms with E-state index >= 15 is 0 Å². The van der Waals surface area contributed by atoms with Crippen molar-refractivity contribution in [3.05, 3.63) is 29.8 Å². The summed E-state index contributed by atoms with van der Waals surface area (Å²) in [7, 11) is 0. The van der Waals surface area contributed by atoms with Crippen molar-refractivity contribution in [2.45, 2.75) is 31.7 Å². The number of carbonyl (C=O) groups is 2. The molecular weight excluding hydrogens is 278 g/mol. The van der Waals surface area contributed by atoms with Crippen molar-refractivity contribution < 1.29 is 9.59 Å². The lowest BCUT2D eigenvalue weighted by Crippen LogP contribution is -2.45. The summed E-state index contributed by atoms with van der Waals surface area (Å²) >= 11 is 0. The molecule has 0 atom stereocenters. The van der Waals surface area contributed by atoms with E-state index < -0.39 is 5.54 Å². The minimum absolute atomic E-state index is 0. The maximum atomic E-state index is 11.7. The van der Waals surface area contributed by atoms with Gasteiger partial charge in [-0.25, -0.2) is 0 Å². The summed E-state index contributed by atoms with van der Waals surface area (Å²) in [5, 5.41) is 5.31. The molecule has 1 fully saturated rings. The summed E-state index contributed by atoms with van der Waals surface area (Å²) in [5.41, 5.74) is 6.89. The van der Waals surface area contributed by atoms with Crippen LogP contribution in [0.4, 0.5) is 5.69 Å². The number of rotatable bonds is 5. The van der Waals surface area contributed by atoms with Crippen LogP contribution in [-0.4, -0.2) is 23.9 Å². The predicted molar refractivity (Wildman–Crippen MR) is 80.9 cm³/mol. The smallest absolute Gasteiger partial charge is 0.243 e. The molecule has 1 saturated carbocycles. The molecule has 4 N–H and O–H groups in total. The number of hydrogen-bond acceptors (Lipinski definition) is 3. The van der Waals surface area contributed by atoms with Crippen LogP contribution in [0.5, 0.6) is 0 Å². The number of aryl methyl sites for hydroxylation is 1. The quantitative estimate of drug-likeness (QED) is 0.764. The summed E-state index contributed by atoms with van der Waals surface area (Å²) in [6, 6.07) is 7.64. The van der Waals surface area contributed by atoms with Crippen molar-refractivity contribution in [2.75, 3.05) is 11.9 Å². The number of amides is 2. The Labute approximate surface area is 124 Å². The van der Waals surface area contributed by atoms with Crippen molar-refractivity contribution >= 4 is 29.9 Å². The molecule has 6 heteroatoms. The topological polar surface area (TPSA) is 84.2 Å². The van der Waals surface area contributed by atoms with E-state index in [0.717, 1.165) is 17.7 Å². The molecule has 1 aromatic rings. The molecule has 0 aliphatic heterocycles. The Bertz CT molecular complexity index is 501. The Morgan fingerprint density at radius 2 is 2.05 bits per heavy atom. The average Bonchev–Trinajstić information content (AvgIpc) is 3.15. The fraction of sp³-hybridized carbons (Fsp3) is 0.429. The highest BCUT2D eigenvalue weighted by Crippen LogP contribution is 2.31. The van der Waals surface area contributed by atoms with E-state index in [4.69, 9.17) is 5.73 Å². The van der Waals surface area contributed by atoms with Gasteiger partial charge in [0.15, 0.2) is 0 Å². The average molecular weight is 298 g/mol. The zero-order valence-electron chi connectivity index (χ0n) is 11.4. The highest BCUT2D eigenvalue weighted by Gasteiger charge is 2.45. The molecule has 5 nitrogen and oxygen atoms in total. The fourth-order valence-electron chi connectivity index (χ4n) is 1.77. The molecule has 0 spiro atoms. The molecule has 110 valence electrons. The molecule has 2 amide bonds. The highest BCUT2D eigenvalue weighted by molar-refractivity contribution is 5.97. The van der Waals surface area contributed by atoms with Gasteiger partial charge in [-0.2, -0.15) is 0 Å². The van der Waals surface area contributed by atoms with Gasteiger partial charge in [-0.1, -0.05) is 19.1 Å². The molecule has 0 aromatic heterocycles. The summed E-state index contributed by atoms with van der Waals surface area (Å²) in [6.07, 6.45) is 2.30. The number of carbonyl (C=O) groups excluding carboxylic acids is 2. The second kappa shape index (κ2) is 6.72. The van der Waals surface area contributed by atoms with Crippen molar-refractivity contribution in [3.63, 3.8) is 0 Å². The van der Waals surface area contributed by atoms with Crippen LogP contribution in [0.25, 0.3) is 0 Å². The van der Waals surface area contributed by atoms with Gasteiger partial charge in [0.2, 0.25) is 11.8 Å². The maximum absolute atomic E-state index is 11.7. The molecular formula is C14H20ClN3O2. The van der Waals surface area contributed by atoms with Crippen LogP contribution in [0, 0.1) is 0 Å². The van der Waals surface area contributed by atoms with Gasteiger partial charge in [0.1, 0.15) is 0 Å². The molecule has 0 saturated heterocycles. The van der Waals surface area contributed by atoms with Crippen molar-refractivity contribution in [2.24, 2.45) is 5.73 Å². The van der Waals surface area contributed by atoms with Gasteiger partial charge in [0.05, 0.1) is 12.1 Å². The summed E-state index contributed by atoms with van der Waals surface area (Å²) in [5.74, 6) is -0.490. The van der Waals surface area contributed by atoms with Gasteiger partial charge in [-0.3, -0.25) is 9.59 Å². The van der Waals surface area contributed by atoms with E-state index in [-0.39, 0.29) is 30.8 Å². The first kappa shape index (κ1) is 16.5. The molecule has 0 heterocycles. The van der Waals surface area contributed by atoms with E-state index in [9.17, 15) is 9.59 Å². The summed E-state index contributed by atoms with van der Waals surface area (Å²) in [6.45, 7) is 2.01. The molecule has 1 aliphatic carbocycles. The first-order chi connectivity index (χ1) is 9.03. The van der Waals surface area contributed by atoms with Crippen LogP contribution >= 0.6 is 12.4 Å². The van der Waals surface area contributed by atoms with E-state index in [0.29, 0.717) is 12.8 Å².